The van der Waals surface area contributed by atoms with Crippen LogP contribution in [-0.4, -0.2) is 19.0 Å². The van der Waals surface area contributed by atoms with E-state index < -0.39 is 5.79 Å². The van der Waals surface area contributed by atoms with Crippen LogP contribution in [0.3, 0.4) is 0 Å². The first-order chi connectivity index (χ1) is 12.1. The summed E-state index contributed by atoms with van der Waals surface area (Å²) in [6.07, 6.45) is 17.8. The van der Waals surface area contributed by atoms with Gasteiger partial charge in [0, 0.05) is 28.6 Å². The largest absolute Gasteiger partial charge is 0.350 e. The van der Waals surface area contributed by atoms with Gasteiger partial charge in [0.1, 0.15) is 0 Å². The van der Waals surface area contributed by atoms with Gasteiger partial charge in [-0.25, -0.2) is 0 Å². The molecule has 152 valence electrons. The Bertz CT molecular complexity index is 634. The van der Waals surface area contributed by atoms with Crippen LogP contribution >= 0.6 is 0 Å². The topological polar surface area (TPSA) is 18.5 Å². The van der Waals surface area contributed by atoms with Crippen molar-refractivity contribution in [1.29, 1.82) is 0 Å². The molecule has 1 heterocycles. The second kappa shape index (κ2) is 9.55. The van der Waals surface area contributed by atoms with Gasteiger partial charge in [-0.3, -0.25) is 0 Å². The average molecular weight is 414 g/mol. The van der Waals surface area contributed by atoms with Gasteiger partial charge in [0.05, 0.1) is 13.2 Å². The van der Waals surface area contributed by atoms with Gasteiger partial charge >= 0.3 is 0 Å². The molecule has 0 amide bonds. The molecule has 2 radical (unpaired) electrons. The molecule has 0 aromatic carbocycles. The quantitative estimate of drug-likeness (QED) is 0.499. The van der Waals surface area contributed by atoms with Crippen LogP contribution in [0.2, 0.25) is 0 Å². The molecule has 0 aromatic rings. The third-order valence-electron chi connectivity index (χ3n) is 5.01. The van der Waals surface area contributed by atoms with E-state index in [1.54, 1.807) is 0 Å². The Kier molecular flexibility index (Phi) is 8.55. The van der Waals surface area contributed by atoms with Gasteiger partial charge < -0.3 is 9.47 Å². The summed E-state index contributed by atoms with van der Waals surface area (Å²) >= 11 is 0. The summed E-state index contributed by atoms with van der Waals surface area (Å²) in [5.74, 6) is -0.456. The fourth-order valence-corrected chi connectivity index (χ4v) is 3.57. The number of allylic oxidation sites excluding steroid dienone is 9. The molecule has 1 saturated heterocycles. The smallest absolute Gasteiger partial charge is 0.162 e. The fourth-order valence-electron chi connectivity index (χ4n) is 3.57. The minimum atomic E-state index is -0.456. The van der Waals surface area contributed by atoms with Crippen molar-refractivity contribution >= 4 is 0 Å². The van der Waals surface area contributed by atoms with Crippen LogP contribution in [0, 0.1) is 17.3 Å². The summed E-state index contributed by atoms with van der Waals surface area (Å²) in [7, 11) is 0. The molecule has 2 nitrogen and oxygen atoms in total. The maximum absolute atomic E-state index is 5.96. The van der Waals surface area contributed by atoms with Crippen LogP contribution in [0.4, 0.5) is 0 Å². The molecule has 0 N–H and O–H groups in total. The van der Waals surface area contributed by atoms with Gasteiger partial charge in [-0.15, -0.1) is 0 Å². The van der Waals surface area contributed by atoms with Crippen molar-refractivity contribution in [3.63, 3.8) is 0 Å². The molecular weight excluding hydrogens is 379 g/mol. The molecule has 3 aliphatic rings. The predicted molar refractivity (Wildman–Crippen MR) is 111 cm³/mol. The zero-order chi connectivity index (χ0) is 19.4. The zero-order valence-corrected chi connectivity index (χ0v) is 18.9. The predicted octanol–water partition coefficient (Wildman–Crippen LogP) is 6.34. The van der Waals surface area contributed by atoms with Gasteiger partial charge in [0.15, 0.2) is 5.79 Å². The summed E-state index contributed by atoms with van der Waals surface area (Å²) in [6.45, 7) is 16.6. The van der Waals surface area contributed by atoms with E-state index in [1.807, 2.05) is 44.6 Å². The van der Waals surface area contributed by atoms with Crippen LogP contribution in [0.15, 0.2) is 59.3 Å². The Labute approximate surface area is 176 Å². The standard InChI is InChI=1S/C19H30O2.C5H5.Co/c1-8-9-15-14(2)10-19(11-16(15)17(3,4)5)12-20-18(6,7)21-13-19;1-2-4-5-3-1;/h8-10H,11-13H2,1-7H3;1-5H;/b9-8+;;. The SMILES string of the molecule is C/C=C/C1=C(C(C)(C)C)CC2(C=C1C)COC(C)(C)OC2.[CH]1C=CC=C1.[Co]. The van der Waals surface area contributed by atoms with Crippen molar-refractivity contribution < 1.29 is 26.3 Å². The van der Waals surface area contributed by atoms with Crippen LogP contribution < -0.4 is 0 Å². The van der Waals surface area contributed by atoms with E-state index in [1.165, 1.54) is 16.7 Å². The summed E-state index contributed by atoms with van der Waals surface area (Å²) in [4.78, 5) is 0. The molecule has 0 bridgehead atoms. The molecule has 0 atom stereocenters. The van der Waals surface area contributed by atoms with Crippen molar-refractivity contribution in [2.24, 2.45) is 10.8 Å². The van der Waals surface area contributed by atoms with Crippen molar-refractivity contribution in [1.82, 2.24) is 0 Å². The first-order valence-corrected chi connectivity index (χ1v) is 9.59. The Balaban J connectivity index is 0.000000526. The molecule has 2 aliphatic carbocycles. The van der Waals surface area contributed by atoms with Gasteiger partial charge in [0.25, 0.3) is 0 Å². The molecule has 27 heavy (non-hydrogen) atoms. The van der Waals surface area contributed by atoms with Crippen LogP contribution in [0.25, 0.3) is 0 Å². The number of rotatable bonds is 1. The third-order valence-corrected chi connectivity index (χ3v) is 5.01. The van der Waals surface area contributed by atoms with Gasteiger partial charge in [-0.1, -0.05) is 68.9 Å². The van der Waals surface area contributed by atoms with Crippen molar-refractivity contribution in [3.05, 3.63) is 65.7 Å². The first-order valence-electron chi connectivity index (χ1n) is 9.59. The molecular formula is C24H35CoO2. The molecule has 1 fully saturated rings. The van der Waals surface area contributed by atoms with Crippen LogP contribution in [0.1, 0.15) is 54.9 Å². The van der Waals surface area contributed by atoms with E-state index in [4.69, 9.17) is 9.47 Å². The monoisotopic (exact) mass is 414 g/mol. The number of hydrogen-bond acceptors (Lipinski definition) is 2. The molecule has 3 rings (SSSR count). The van der Waals surface area contributed by atoms with Gasteiger partial charge in [-0.2, -0.15) is 0 Å². The van der Waals surface area contributed by atoms with Crippen LogP contribution in [0.5, 0.6) is 0 Å². The normalized spacial score (nSPS) is 23.1. The molecule has 0 aromatic heterocycles. The summed E-state index contributed by atoms with van der Waals surface area (Å²) in [5.41, 5.74) is 4.39. The molecule has 1 aliphatic heterocycles. The van der Waals surface area contributed by atoms with Crippen LogP contribution in [-0.2, 0) is 26.3 Å². The first kappa shape index (κ1) is 24.2. The minimum Gasteiger partial charge on any atom is -0.350 e. The molecule has 3 heteroatoms. The van der Waals surface area contributed by atoms with E-state index in [2.05, 4.69) is 52.8 Å². The third kappa shape index (κ3) is 6.60. The Morgan fingerprint density at radius 1 is 1.00 bits per heavy atom. The Morgan fingerprint density at radius 2 is 1.56 bits per heavy atom. The maximum Gasteiger partial charge on any atom is 0.162 e. The summed E-state index contributed by atoms with van der Waals surface area (Å²) < 4.78 is 11.9. The number of ether oxygens (including phenoxy) is 2. The summed E-state index contributed by atoms with van der Waals surface area (Å²) in [6, 6.07) is 0. The van der Waals surface area contributed by atoms with Gasteiger partial charge in [-0.05, 0) is 50.7 Å². The Morgan fingerprint density at radius 3 is 1.96 bits per heavy atom. The van der Waals surface area contributed by atoms with Crippen molar-refractivity contribution in [2.75, 3.05) is 13.2 Å². The maximum atomic E-state index is 5.96. The van der Waals surface area contributed by atoms with Crippen molar-refractivity contribution in [3.8, 4) is 0 Å². The van der Waals surface area contributed by atoms with E-state index in [-0.39, 0.29) is 27.6 Å². The second-order valence-corrected chi connectivity index (χ2v) is 8.95. The minimum absolute atomic E-state index is 0. The fraction of sp³-hybridized carbons (Fsp3) is 0.542. The molecule has 1 spiro atoms. The summed E-state index contributed by atoms with van der Waals surface area (Å²) in [5, 5.41) is 0. The van der Waals surface area contributed by atoms with Crippen molar-refractivity contribution in [2.45, 2.75) is 60.7 Å². The molecule has 0 saturated carbocycles. The van der Waals surface area contributed by atoms with E-state index in [0.29, 0.717) is 0 Å². The number of hydrogen-bond donors (Lipinski definition) is 0. The van der Waals surface area contributed by atoms with E-state index in [0.717, 1.165) is 19.6 Å². The zero-order valence-electron chi connectivity index (χ0n) is 17.9. The molecule has 0 unspecified atom stereocenters. The van der Waals surface area contributed by atoms with Gasteiger partial charge in [0.2, 0.25) is 0 Å². The van der Waals surface area contributed by atoms with E-state index >= 15 is 0 Å². The van der Waals surface area contributed by atoms with E-state index in [9.17, 15) is 0 Å². The second-order valence-electron chi connectivity index (χ2n) is 8.95. The Hall–Kier alpha value is -0.874. The average Bonchev–Trinajstić information content (AvgIpc) is 3.12.